The molecule has 5 rings (SSSR count). The monoisotopic (exact) mass is 472 g/mol. The van der Waals surface area contributed by atoms with Gasteiger partial charge in [-0.25, -0.2) is 9.67 Å². The van der Waals surface area contributed by atoms with Crippen molar-refractivity contribution >= 4 is 28.5 Å². The molecular weight excluding hydrogens is 452 g/mol. The van der Waals surface area contributed by atoms with E-state index in [0.29, 0.717) is 41.3 Å². The van der Waals surface area contributed by atoms with Crippen molar-refractivity contribution < 1.29 is 4.79 Å². The number of aromatic nitrogens is 5. The highest BCUT2D eigenvalue weighted by Gasteiger charge is 2.11. The summed E-state index contributed by atoms with van der Waals surface area (Å²) in [6.45, 7) is 1.11. The Labute approximate surface area is 200 Å². The van der Waals surface area contributed by atoms with Crippen molar-refractivity contribution in [3.63, 3.8) is 0 Å². The third kappa shape index (κ3) is 4.49. The first-order chi connectivity index (χ1) is 16.6. The molecule has 1 amide bonds. The number of hydrogen-bond acceptors (Lipinski definition) is 4. The maximum atomic E-state index is 12.9. The SMILES string of the molecule is O=C(NCCn1ncc2c(=O)n(Cc3cccc(Cl)c3)cnc21)c1ccc(-n2cccc2)cc1. The van der Waals surface area contributed by atoms with Gasteiger partial charge in [0.25, 0.3) is 11.5 Å². The van der Waals surface area contributed by atoms with E-state index in [4.69, 9.17) is 11.6 Å². The first-order valence-corrected chi connectivity index (χ1v) is 11.1. The summed E-state index contributed by atoms with van der Waals surface area (Å²) in [6.07, 6.45) is 6.92. The molecule has 8 nitrogen and oxygen atoms in total. The maximum Gasteiger partial charge on any atom is 0.264 e. The van der Waals surface area contributed by atoms with Gasteiger partial charge in [-0.05, 0) is 54.1 Å². The molecule has 9 heteroatoms. The molecule has 0 aliphatic heterocycles. The first kappa shape index (κ1) is 21.7. The van der Waals surface area contributed by atoms with Gasteiger partial charge in [0.2, 0.25) is 0 Å². The van der Waals surface area contributed by atoms with Crippen LogP contribution in [0.25, 0.3) is 16.7 Å². The summed E-state index contributed by atoms with van der Waals surface area (Å²) < 4.78 is 5.12. The standard InChI is InChI=1S/C25H21ClN6O2/c26-20-5-3-4-18(14-20)16-31-17-28-23-22(25(31)34)15-29-32(23)13-10-27-24(33)19-6-8-21(9-7-19)30-11-1-2-12-30/h1-9,11-12,14-15,17H,10,13,16H2,(H,27,33). The molecule has 0 saturated heterocycles. The lowest BCUT2D eigenvalue weighted by atomic mass is 10.2. The Morgan fingerprint density at radius 2 is 1.82 bits per heavy atom. The van der Waals surface area contributed by atoms with Gasteiger partial charge in [-0.2, -0.15) is 5.10 Å². The molecule has 0 spiro atoms. The van der Waals surface area contributed by atoms with Crippen LogP contribution in [0.15, 0.2) is 90.4 Å². The number of nitrogens with one attached hydrogen (secondary N) is 1. The minimum absolute atomic E-state index is 0.174. The molecule has 0 aliphatic carbocycles. The fraction of sp³-hybridized carbons (Fsp3) is 0.120. The van der Waals surface area contributed by atoms with Gasteiger partial charge in [0.05, 0.1) is 19.3 Å². The number of hydrogen-bond donors (Lipinski definition) is 1. The van der Waals surface area contributed by atoms with Crippen LogP contribution in [0.4, 0.5) is 0 Å². The maximum absolute atomic E-state index is 12.9. The summed E-state index contributed by atoms with van der Waals surface area (Å²) in [6, 6.07) is 18.6. The summed E-state index contributed by atoms with van der Waals surface area (Å²) in [5.41, 5.74) is 2.77. The van der Waals surface area contributed by atoms with E-state index in [-0.39, 0.29) is 11.5 Å². The quantitative estimate of drug-likeness (QED) is 0.392. The van der Waals surface area contributed by atoms with Crippen LogP contribution in [-0.2, 0) is 13.1 Å². The molecule has 1 N–H and O–H groups in total. The van der Waals surface area contributed by atoms with E-state index in [2.05, 4.69) is 15.4 Å². The fourth-order valence-electron chi connectivity index (χ4n) is 3.77. The first-order valence-electron chi connectivity index (χ1n) is 10.8. The largest absolute Gasteiger partial charge is 0.350 e. The van der Waals surface area contributed by atoms with Gasteiger partial charge in [-0.3, -0.25) is 14.2 Å². The molecule has 0 radical (unpaired) electrons. The van der Waals surface area contributed by atoms with Gasteiger partial charge in [0, 0.05) is 35.2 Å². The van der Waals surface area contributed by atoms with Crippen molar-refractivity contribution in [3.8, 4) is 5.69 Å². The van der Waals surface area contributed by atoms with E-state index in [9.17, 15) is 9.59 Å². The number of carbonyl (C=O) groups is 1. The molecule has 34 heavy (non-hydrogen) atoms. The smallest absolute Gasteiger partial charge is 0.264 e. The molecule has 170 valence electrons. The second kappa shape index (κ2) is 9.36. The molecule has 0 bridgehead atoms. The van der Waals surface area contributed by atoms with Crippen LogP contribution in [0, 0.1) is 0 Å². The fourth-order valence-corrected chi connectivity index (χ4v) is 3.99. The summed E-state index contributed by atoms with van der Waals surface area (Å²) in [7, 11) is 0. The van der Waals surface area contributed by atoms with E-state index in [1.807, 2.05) is 59.4 Å². The van der Waals surface area contributed by atoms with Crippen LogP contribution < -0.4 is 10.9 Å². The van der Waals surface area contributed by atoms with Gasteiger partial charge >= 0.3 is 0 Å². The van der Waals surface area contributed by atoms with Gasteiger partial charge < -0.3 is 9.88 Å². The van der Waals surface area contributed by atoms with Crippen molar-refractivity contribution in [3.05, 3.63) is 112 Å². The average Bonchev–Trinajstić information content (AvgIpc) is 3.52. The van der Waals surface area contributed by atoms with Gasteiger partial charge in [0.1, 0.15) is 11.7 Å². The van der Waals surface area contributed by atoms with Crippen molar-refractivity contribution in [2.24, 2.45) is 0 Å². The summed E-state index contributed by atoms with van der Waals surface area (Å²) >= 11 is 6.04. The lowest BCUT2D eigenvalue weighted by Gasteiger charge is -2.08. The van der Waals surface area contributed by atoms with Crippen molar-refractivity contribution in [1.82, 2.24) is 29.2 Å². The Balaban J connectivity index is 1.23. The summed E-state index contributed by atoms with van der Waals surface area (Å²) in [4.78, 5) is 29.8. The molecule has 0 unspecified atom stereocenters. The molecular formula is C25H21ClN6O2. The zero-order valence-electron chi connectivity index (χ0n) is 18.1. The van der Waals surface area contributed by atoms with E-state index < -0.39 is 0 Å². The number of amides is 1. The molecule has 0 saturated carbocycles. The van der Waals surface area contributed by atoms with Crippen LogP contribution in [0.2, 0.25) is 5.02 Å². The molecule has 2 aromatic carbocycles. The van der Waals surface area contributed by atoms with Gasteiger partial charge in [-0.1, -0.05) is 23.7 Å². The third-order valence-electron chi connectivity index (χ3n) is 5.51. The minimum atomic E-state index is -0.178. The Bertz CT molecular complexity index is 1500. The van der Waals surface area contributed by atoms with Crippen LogP contribution in [-0.4, -0.2) is 36.4 Å². The molecule has 5 aromatic rings. The molecule has 3 aromatic heterocycles. The second-order valence-corrected chi connectivity index (χ2v) is 8.24. The van der Waals surface area contributed by atoms with Gasteiger partial charge in [-0.15, -0.1) is 0 Å². The van der Waals surface area contributed by atoms with Crippen molar-refractivity contribution in [2.75, 3.05) is 6.54 Å². The Kier molecular flexibility index (Phi) is 5.97. The normalized spacial score (nSPS) is 11.1. The zero-order chi connectivity index (χ0) is 23.5. The number of benzene rings is 2. The Morgan fingerprint density at radius 3 is 2.59 bits per heavy atom. The molecule has 0 aliphatic rings. The number of carbonyl (C=O) groups excluding carboxylic acids is 1. The highest BCUT2D eigenvalue weighted by Crippen LogP contribution is 2.13. The predicted octanol–water partition coefficient (Wildman–Crippen LogP) is 3.52. The Morgan fingerprint density at radius 1 is 1.03 bits per heavy atom. The minimum Gasteiger partial charge on any atom is -0.350 e. The number of fused-ring (bicyclic) bond motifs is 1. The molecule has 0 fully saturated rings. The highest BCUT2D eigenvalue weighted by molar-refractivity contribution is 6.30. The van der Waals surface area contributed by atoms with Crippen LogP contribution in [0.1, 0.15) is 15.9 Å². The summed E-state index contributed by atoms with van der Waals surface area (Å²) in [5, 5.41) is 8.23. The number of nitrogens with zero attached hydrogens (tertiary/aromatic N) is 5. The lowest BCUT2D eigenvalue weighted by Crippen LogP contribution is -2.27. The zero-order valence-corrected chi connectivity index (χ0v) is 18.9. The average molecular weight is 473 g/mol. The van der Waals surface area contributed by atoms with E-state index in [1.165, 1.54) is 17.1 Å². The third-order valence-corrected chi connectivity index (χ3v) is 5.74. The van der Waals surface area contributed by atoms with Crippen molar-refractivity contribution in [1.29, 1.82) is 0 Å². The van der Waals surface area contributed by atoms with Crippen LogP contribution in [0.5, 0.6) is 0 Å². The predicted molar refractivity (Wildman–Crippen MR) is 130 cm³/mol. The van der Waals surface area contributed by atoms with Crippen LogP contribution >= 0.6 is 11.6 Å². The number of halogens is 1. The second-order valence-electron chi connectivity index (χ2n) is 7.81. The van der Waals surface area contributed by atoms with Crippen LogP contribution in [0.3, 0.4) is 0 Å². The van der Waals surface area contributed by atoms with E-state index in [1.54, 1.807) is 22.9 Å². The topological polar surface area (TPSA) is 86.7 Å². The van der Waals surface area contributed by atoms with Crippen molar-refractivity contribution in [2.45, 2.75) is 13.1 Å². The summed E-state index contributed by atoms with van der Waals surface area (Å²) in [5.74, 6) is -0.174. The van der Waals surface area contributed by atoms with E-state index in [0.717, 1.165) is 11.3 Å². The highest BCUT2D eigenvalue weighted by atomic mass is 35.5. The van der Waals surface area contributed by atoms with Gasteiger partial charge in [0.15, 0.2) is 5.65 Å². The molecule has 3 heterocycles. The molecule has 0 atom stereocenters. The number of rotatable bonds is 7. The van der Waals surface area contributed by atoms with E-state index >= 15 is 0 Å². The lowest BCUT2D eigenvalue weighted by molar-refractivity contribution is 0.0952. The Hall–Kier alpha value is -4.17.